The number of hydrogen-bond donors (Lipinski definition) is 2. The van der Waals surface area contributed by atoms with Gasteiger partial charge in [0.1, 0.15) is 11.5 Å². The van der Waals surface area contributed by atoms with E-state index in [1.54, 1.807) is 12.1 Å². The van der Waals surface area contributed by atoms with E-state index in [0.29, 0.717) is 22.2 Å². The first-order chi connectivity index (χ1) is 11.4. The van der Waals surface area contributed by atoms with Gasteiger partial charge in [0.25, 0.3) is 15.9 Å². The van der Waals surface area contributed by atoms with Gasteiger partial charge < -0.3 is 14.8 Å². The Morgan fingerprint density at radius 3 is 2.79 bits per heavy atom. The Bertz CT molecular complexity index is 914. The Balaban J connectivity index is 1.96. The van der Waals surface area contributed by atoms with Gasteiger partial charge in [-0.2, -0.15) is 0 Å². The minimum atomic E-state index is -3.91. The maximum Gasteiger partial charge on any atom is 0.262 e. The fourth-order valence-electron chi connectivity index (χ4n) is 2.19. The predicted octanol–water partition coefficient (Wildman–Crippen LogP) is 2.48. The molecule has 0 spiro atoms. The molecule has 24 heavy (non-hydrogen) atoms. The monoisotopic (exact) mass is 368 g/mol. The molecule has 1 amide bonds. The Kier molecular flexibility index (Phi) is 4.25. The minimum Gasteiger partial charge on any atom is -0.495 e. The summed E-state index contributed by atoms with van der Waals surface area (Å²) in [7, 11) is -2.49. The second kappa shape index (κ2) is 6.21. The van der Waals surface area contributed by atoms with Gasteiger partial charge in [-0.05, 0) is 36.4 Å². The molecular formula is C15H13ClN2O5S. The van der Waals surface area contributed by atoms with E-state index in [-0.39, 0.29) is 23.1 Å². The number of amides is 1. The van der Waals surface area contributed by atoms with Crippen molar-refractivity contribution in [3.8, 4) is 11.5 Å². The van der Waals surface area contributed by atoms with Crippen LogP contribution in [0.25, 0.3) is 0 Å². The molecule has 7 nitrogen and oxygen atoms in total. The van der Waals surface area contributed by atoms with E-state index in [9.17, 15) is 13.2 Å². The third kappa shape index (κ3) is 3.24. The molecule has 0 fully saturated rings. The number of rotatable bonds is 4. The second-order valence-electron chi connectivity index (χ2n) is 4.94. The lowest BCUT2D eigenvalue weighted by atomic mass is 10.2. The summed E-state index contributed by atoms with van der Waals surface area (Å²) in [6, 6.07) is 8.78. The van der Waals surface area contributed by atoms with Crippen LogP contribution in [0.5, 0.6) is 11.5 Å². The normalized spacial score (nSPS) is 13.5. The fourth-order valence-corrected chi connectivity index (χ4v) is 3.45. The van der Waals surface area contributed by atoms with Crippen molar-refractivity contribution in [2.45, 2.75) is 4.90 Å². The van der Waals surface area contributed by atoms with Crippen molar-refractivity contribution in [2.24, 2.45) is 0 Å². The number of fused-ring (bicyclic) bond motifs is 1. The Labute approximate surface area is 143 Å². The number of benzene rings is 2. The molecule has 0 bridgehead atoms. The quantitative estimate of drug-likeness (QED) is 0.864. The van der Waals surface area contributed by atoms with Gasteiger partial charge in [-0.15, -0.1) is 0 Å². The molecule has 2 aromatic carbocycles. The average molecular weight is 369 g/mol. The van der Waals surface area contributed by atoms with Gasteiger partial charge in [-0.25, -0.2) is 8.42 Å². The smallest absolute Gasteiger partial charge is 0.262 e. The zero-order chi connectivity index (χ0) is 17.3. The van der Waals surface area contributed by atoms with E-state index >= 15 is 0 Å². The maximum atomic E-state index is 12.6. The number of methoxy groups -OCH3 is 1. The Hall–Kier alpha value is -2.45. The highest BCUT2D eigenvalue weighted by Gasteiger charge is 2.22. The van der Waals surface area contributed by atoms with Crippen molar-refractivity contribution < 1.29 is 22.7 Å². The van der Waals surface area contributed by atoms with Gasteiger partial charge in [-0.3, -0.25) is 9.52 Å². The van der Waals surface area contributed by atoms with Crippen LogP contribution >= 0.6 is 11.6 Å². The molecule has 126 valence electrons. The average Bonchev–Trinajstić information content (AvgIpc) is 2.54. The number of carbonyl (C=O) groups is 1. The first kappa shape index (κ1) is 16.4. The van der Waals surface area contributed by atoms with E-state index in [1.165, 1.54) is 31.4 Å². The highest BCUT2D eigenvalue weighted by molar-refractivity contribution is 7.92. The second-order valence-corrected chi connectivity index (χ2v) is 7.06. The van der Waals surface area contributed by atoms with E-state index in [2.05, 4.69) is 10.0 Å². The molecule has 1 aliphatic rings. The third-order valence-electron chi connectivity index (χ3n) is 3.30. The van der Waals surface area contributed by atoms with Gasteiger partial charge in [-0.1, -0.05) is 11.6 Å². The van der Waals surface area contributed by atoms with Gasteiger partial charge in [0, 0.05) is 5.02 Å². The Morgan fingerprint density at radius 2 is 2.04 bits per heavy atom. The van der Waals surface area contributed by atoms with E-state index in [4.69, 9.17) is 21.1 Å². The summed E-state index contributed by atoms with van der Waals surface area (Å²) in [6.07, 6.45) is 0. The first-order valence-electron chi connectivity index (χ1n) is 6.82. The zero-order valence-electron chi connectivity index (χ0n) is 12.5. The molecule has 0 atom stereocenters. The topological polar surface area (TPSA) is 93.7 Å². The van der Waals surface area contributed by atoms with Crippen LogP contribution in [0.2, 0.25) is 5.02 Å². The van der Waals surface area contributed by atoms with Crippen LogP contribution in [0.4, 0.5) is 11.4 Å². The SMILES string of the molecule is COc1ccc(Cl)cc1NS(=O)(=O)c1ccc2c(c1)NC(=O)CO2. The highest BCUT2D eigenvalue weighted by Crippen LogP contribution is 2.33. The third-order valence-corrected chi connectivity index (χ3v) is 4.90. The molecule has 0 saturated heterocycles. The summed E-state index contributed by atoms with van der Waals surface area (Å²) >= 11 is 5.91. The van der Waals surface area contributed by atoms with Gasteiger partial charge in [0.15, 0.2) is 6.61 Å². The number of ether oxygens (including phenoxy) is 2. The van der Waals surface area contributed by atoms with Crippen LogP contribution in [-0.4, -0.2) is 28.0 Å². The number of carbonyl (C=O) groups excluding carboxylic acids is 1. The van der Waals surface area contributed by atoms with Crippen molar-refractivity contribution in [1.82, 2.24) is 0 Å². The summed E-state index contributed by atoms with van der Waals surface area (Å²) in [5.41, 5.74) is 0.509. The van der Waals surface area contributed by atoms with E-state index in [1.807, 2.05) is 0 Å². The Morgan fingerprint density at radius 1 is 1.25 bits per heavy atom. The van der Waals surface area contributed by atoms with Gasteiger partial charge >= 0.3 is 0 Å². The predicted molar refractivity (Wildman–Crippen MR) is 89.4 cm³/mol. The summed E-state index contributed by atoms with van der Waals surface area (Å²) in [6.45, 7) is -0.100. The maximum absolute atomic E-state index is 12.6. The molecule has 2 N–H and O–H groups in total. The molecule has 0 aliphatic carbocycles. The molecule has 9 heteroatoms. The molecular weight excluding hydrogens is 356 g/mol. The summed E-state index contributed by atoms with van der Waals surface area (Å²) in [5.74, 6) is 0.396. The lowest BCUT2D eigenvalue weighted by Gasteiger charge is -2.19. The fraction of sp³-hybridized carbons (Fsp3) is 0.133. The van der Waals surface area contributed by atoms with Crippen LogP contribution in [-0.2, 0) is 14.8 Å². The number of nitrogens with one attached hydrogen (secondary N) is 2. The molecule has 0 unspecified atom stereocenters. The molecule has 0 radical (unpaired) electrons. The molecule has 0 aromatic heterocycles. The van der Waals surface area contributed by atoms with Crippen molar-refractivity contribution in [2.75, 3.05) is 23.8 Å². The minimum absolute atomic E-state index is 0.0333. The lowest BCUT2D eigenvalue weighted by Crippen LogP contribution is -2.25. The number of hydrogen-bond acceptors (Lipinski definition) is 5. The van der Waals surface area contributed by atoms with Crippen LogP contribution in [0.3, 0.4) is 0 Å². The highest BCUT2D eigenvalue weighted by atomic mass is 35.5. The van der Waals surface area contributed by atoms with Crippen LogP contribution in [0.15, 0.2) is 41.3 Å². The van der Waals surface area contributed by atoms with Crippen molar-refractivity contribution in [3.63, 3.8) is 0 Å². The number of sulfonamides is 1. The molecule has 0 saturated carbocycles. The van der Waals surface area contributed by atoms with Crippen LogP contribution < -0.4 is 19.5 Å². The number of anilines is 2. The largest absolute Gasteiger partial charge is 0.495 e. The van der Waals surface area contributed by atoms with Gasteiger partial charge in [0.05, 0.1) is 23.4 Å². The van der Waals surface area contributed by atoms with E-state index < -0.39 is 10.0 Å². The van der Waals surface area contributed by atoms with Crippen molar-refractivity contribution in [3.05, 3.63) is 41.4 Å². The summed E-state index contributed by atoms with van der Waals surface area (Å²) in [5, 5.41) is 2.93. The van der Waals surface area contributed by atoms with Crippen molar-refractivity contribution in [1.29, 1.82) is 0 Å². The van der Waals surface area contributed by atoms with Crippen LogP contribution in [0, 0.1) is 0 Å². The summed E-state index contributed by atoms with van der Waals surface area (Å²) in [4.78, 5) is 11.3. The molecule has 3 rings (SSSR count). The van der Waals surface area contributed by atoms with Crippen LogP contribution in [0.1, 0.15) is 0 Å². The van der Waals surface area contributed by atoms with Gasteiger partial charge in [0.2, 0.25) is 0 Å². The number of halogens is 1. The first-order valence-corrected chi connectivity index (χ1v) is 8.68. The standard InChI is InChI=1S/C15H13ClN2O5S/c1-22-13-4-2-9(16)6-12(13)18-24(20,21)10-3-5-14-11(7-10)17-15(19)8-23-14/h2-7,18H,8H2,1H3,(H,17,19). The molecule has 2 aromatic rings. The summed E-state index contributed by atoms with van der Waals surface area (Å²) < 4.78 is 37.9. The lowest BCUT2D eigenvalue weighted by molar-refractivity contribution is -0.118. The zero-order valence-corrected chi connectivity index (χ0v) is 14.1. The van der Waals surface area contributed by atoms with E-state index in [0.717, 1.165) is 0 Å². The van der Waals surface area contributed by atoms with Crippen molar-refractivity contribution >= 4 is 38.9 Å². The molecule has 1 heterocycles. The molecule has 1 aliphatic heterocycles.